The quantitative estimate of drug-likeness (QED) is 0.0456. The third kappa shape index (κ3) is 39.4. The zero-order valence-corrected chi connectivity index (χ0v) is 34.5. The van der Waals surface area contributed by atoms with Crippen LogP contribution in [0.15, 0.2) is 0 Å². The summed E-state index contributed by atoms with van der Waals surface area (Å²) in [7, 11) is 0. The minimum absolute atomic E-state index is 0.112. The summed E-state index contributed by atoms with van der Waals surface area (Å²) in [5, 5.41) is 23.3. The van der Waals surface area contributed by atoms with Gasteiger partial charge in [-0.1, -0.05) is 167 Å². The SMILES string of the molecule is CCCCCCCCCCCCSCCCCCCCCCCCCCCC(=O)NCCCCCCCCCCC(=O)NC(CCC(=O)O)C(=O)O. The highest BCUT2D eigenvalue weighted by Crippen LogP contribution is 2.16. The number of rotatable bonds is 42. The Kier molecular flexibility index (Phi) is 39.0. The average Bonchev–Trinajstić information content (AvgIpc) is 3.12. The number of hydrogen-bond donors (Lipinski definition) is 4. The summed E-state index contributed by atoms with van der Waals surface area (Å²) in [6, 6.07) is -1.15. The van der Waals surface area contributed by atoms with E-state index in [1.807, 2.05) is 0 Å². The maximum atomic E-state index is 12.1. The first-order valence-corrected chi connectivity index (χ1v) is 23.1. The van der Waals surface area contributed by atoms with Gasteiger partial charge in [0.15, 0.2) is 0 Å². The number of aliphatic carboxylic acids is 2. The number of carboxylic acids is 2. The first kappa shape index (κ1) is 50.2. The van der Waals surface area contributed by atoms with Gasteiger partial charge in [-0.05, 0) is 50.0 Å². The molecule has 0 rings (SSSR count). The van der Waals surface area contributed by atoms with Crippen LogP contribution in [0.2, 0.25) is 0 Å². The number of hydrogen-bond acceptors (Lipinski definition) is 5. The molecule has 0 aromatic carbocycles. The Morgan fingerprint density at radius 2 is 0.827 bits per heavy atom. The summed E-state index contributed by atoms with van der Waals surface area (Å²) < 4.78 is 0. The predicted molar refractivity (Wildman–Crippen MR) is 220 cm³/mol. The summed E-state index contributed by atoms with van der Waals surface area (Å²) in [5.41, 5.74) is 0. The first-order valence-electron chi connectivity index (χ1n) is 21.9. The normalized spacial score (nSPS) is 11.8. The second-order valence-corrected chi connectivity index (χ2v) is 16.3. The van der Waals surface area contributed by atoms with Crippen molar-refractivity contribution >= 4 is 35.5 Å². The number of carboxylic acid groups (broad SMARTS) is 2. The minimum atomic E-state index is -1.20. The molecule has 1 atom stereocenters. The molecule has 52 heavy (non-hydrogen) atoms. The number of thioether (sulfide) groups is 1. The molecule has 0 aromatic rings. The minimum Gasteiger partial charge on any atom is -0.481 e. The molecule has 0 aromatic heterocycles. The summed E-state index contributed by atoms with van der Waals surface area (Å²) in [5.74, 6) is 0.298. The molecule has 0 heterocycles. The van der Waals surface area contributed by atoms with Crippen LogP contribution in [0.1, 0.15) is 225 Å². The van der Waals surface area contributed by atoms with Crippen molar-refractivity contribution in [2.45, 2.75) is 231 Å². The fraction of sp³-hybridized carbons (Fsp3) is 0.907. The Bertz CT molecular complexity index is 842. The fourth-order valence-electron chi connectivity index (χ4n) is 6.63. The van der Waals surface area contributed by atoms with E-state index in [1.165, 1.54) is 140 Å². The van der Waals surface area contributed by atoms with Gasteiger partial charge in [0, 0.05) is 25.8 Å². The van der Waals surface area contributed by atoms with E-state index >= 15 is 0 Å². The van der Waals surface area contributed by atoms with Crippen LogP contribution in [0.5, 0.6) is 0 Å². The Morgan fingerprint density at radius 3 is 1.23 bits per heavy atom. The monoisotopic (exact) mass is 755 g/mol. The van der Waals surface area contributed by atoms with Gasteiger partial charge in [0.05, 0.1) is 0 Å². The van der Waals surface area contributed by atoms with Crippen LogP contribution < -0.4 is 10.6 Å². The van der Waals surface area contributed by atoms with Gasteiger partial charge in [-0.2, -0.15) is 11.8 Å². The van der Waals surface area contributed by atoms with Crippen LogP contribution in [-0.2, 0) is 19.2 Å². The van der Waals surface area contributed by atoms with Gasteiger partial charge >= 0.3 is 11.9 Å². The standard InChI is InChI=1S/C43H82N2O6S/c1-2-3-4-5-6-7-15-20-25-30-37-52-38-31-26-21-16-11-9-8-10-12-17-22-27-32-40(46)44-36-29-24-19-14-13-18-23-28-33-41(47)45-39(43(50)51)34-35-42(48)49/h39H,2-38H2,1H3,(H,44,46)(H,45,47)(H,48,49)(H,50,51). The summed E-state index contributed by atoms with van der Waals surface area (Å²) in [6.07, 6.45) is 38.8. The summed E-state index contributed by atoms with van der Waals surface area (Å²) in [4.78, 5) is 45.9. The van der Waals surface area contributed by atoms with Gasteiger partial charge in [-0.15, -0.1) is 0 Å². The Morgan fingerprint density at radius 1 is 0.462 bits per heavy atom. The maximum absolute atomic E-state index is 12.1. The van der Waals surface area contributed by atoms with Crippen LogP contribution in [0.4, 0.5) is 0 Å². The van der Waals surface area contributed by atoms with E-state index in [2.05, 4.69) is 29.3 Å². The van der Waals surface area contributed by atoms with Crippen LogP contribution in [-0.4, -0.2) is 58.1 Å². The Labute approximate surface area is 324 Å². The van der Waals surface area contributed by atoms with Crippen molar-refractivity contribution in [3.8, 4) is 0 Å². The highest BCUT2D eigenvalue weighted by molar-refractivity contribution is 7.99. The van der Waals surface area contributed by atoms with Gasteiger partial charge in [0.25, 0.3) is 0 Å². The average molecular weight is 755 g/mol. The molecule has 4 N–H and O–H groups in total. The fourth-order valence-corrected chi connectivity index (χ4v) is 7.65. The number of unbranched alkanes of at least 4 members (excludes halogenated alkanes) is 27. The summed E-state index contributed by atoms with van der Waals surface area (Å²) >= 11 is 2.18. The first-order chi connectivity index (χ1) is 25.4. The van der Waals surface area contributed by atoms with E-state index < -0.39 is 18.0 Å². The largest absolute Gasteiger partial charge is 0.481 e. The second kappa shape index (κ2) is 40.4. The van der Waals surface area contributed by atoms with Gasteiger partial charge in [-0.25, -0.2) is 4.79 Å². The van der Waals surface area contributed by atoms with Crippen LogP contribution in [0, 0.1) is 0 Å². The molecule has 0 saturated heterocycles. The van der Waals surface area contributed by atoms with Crippen molar-refractivity contribution in [1.29, 1.82) is 0 Å². The van der Waals surface area contributed by atoms with Crippen molar-refractivity contribution in [2.24, 2.45) is 0 Å². The molecular formula is C43H82N2O6S. The van der Waals surface area contributed by atoms with Crippen molar-refractivity contribution in [3.05, 3.63) is 0 Å². The number of amides is 2. The Hall–Kier alpha value is -1.77. The molecule has 1 unspecified atom stereocenters. The topological polar surface area (TPSA) is 133 Å². The van der Waals surface area contributed by atoms with Crippen molar-refractivity contribution in [2.75, 3.05) is 18.1 Å². The van der Waals surface area contributed by atoms with Gasteiger partial charge in [0.2, 0.25) is 11.8 Å². The van der Waals surface area contributed by atoms with Crippen LogP contribution in [0.25, 0.3) is 0 Å². The highest BCUT2D eigenvalue weighted by atomic mass is 32.2. The smallest absolute Gasteiger partial charge is 0.326 e. The molecule has 9 heteroatoms. The van der Waals surface area contributed by atoms with E-state index in [0.717, 1.165) is 64.3 Å². The van der Waals surface area contributed by atoms with Gasteiger partial charge < -0.3 is 20.8 Å². The lowest BCUT2D eigenvalue weighted by Gasteiger charge is -2.13. The van der Waals surface area contributed by atoms with E-state index in [9.17, 15) is 19.2 Å². The second-order valence-electron chi connectivity index (χ2n) is 15.1. The molecule has 0 bridgehead atoms. The molecular weight excluding hydrogens is 673 g/mol. The molecule has 0 saturated carbocycles. The van der Waals surface area contributed by atoms with Crippen LogP contribution in [0.3, 0.4) is 0 Å². The zero-order chi connectivity index (χ0) is 38.2. The molecule has 306 valence electrons. The molecule has 0 aliphatic rings. The van der Waals surface area contributed by atoms with E-state index in [1.54, 1.807) is 0 Å². The third-order valence-corrected chi connectivity index (χ3v) is 11.2. The molecule has 8 nitrogen and oxygen atoms in total. The van der Waals surface area contributed by atoms with Crippen molar-refractivity contribution in [3.63, 3.8) is 0 Å². The number of carbonyl (C=O) groups excluding carboxylic acids is 2. The Balaban J connectivity index is 3.30. The van der Waals surface area contributed by atoms with E-state index in [4.69, 9.17) is 10.2 Å². The van der Waals surface area contributed by atoms with Crippen molar-refractivity contribution in [1.82, 2.24) is 10.6 Å². The molecule has 0 spiro atoms. The lowest BCUT2D eigenvalue weighted by atomic mass is 10.0. The van der Waals surface area contributed by atoms with Crippen molar-refractivity contribution < 1.29 is 29.4 Å². The molecule has 0 aliphatic heterocycles. The van der Waals surface area contributed by atoms with E-state index in [-0.39, 0.29) is 31.1 Å². The number of carbonyl (C=O) groups is 4. The molecule has 0 aliphatic carbocycles. The van der Waals surface area contributed by atoms with Gasteiger partial charge in [-0.3, -0.25) is 14.4 Å². The number of nitrogens with one attached hydrogen (secondary N) is 2. The summed E-state index contributed by atoms with van der Waals surface area (Å²) in [6.45, 7) is 3.05. The van der Waals surface area contributed by atoms with E-state index in [0.29, 0.717) is 12.8 Å². The highest BCUT2D eigenvalue weighted by Gasteiger charge is 2.20. The molecule has 0 radical (unpaired) electrons. The maximum Gasteiger partial charge on any atom is 0.326 e. The lowest BCUT2D eigenvalue weighted by molar-refractivity contribution is -0.143. The lowest BCUT2D eigenvalue weighted by Crippen LogP contribution is -2.41. The molecule has 2 amide bonds. The predicted octanol–water partition coefficient (Wildman–Crippen LogP) is 11.8. The zero-order valence-electron chi connectivity index (χ0n) is 33.7. The molecule has 0 fully saturated rings. The van der Waals surface area contributed by atoms with Gasteiger partial charge in [0.1, 0.15) is 6.04 Å². The van der Waals surface area contributed by atoms with Crippen LogP contribution >= 0.6 is 11.8 Å². The third-order valence-electron chi connectivity index (χ3n) is 10.0.